The Hall–Kier alpha value is -2.81. The number of aliphatic imine (C=N–C) groups is 4. The number of rotatable bonds is 14. The Morgan fingerprint density at radius 3 is 1.93 bits per heavy atom. The van der Waals surface area contributed by atoms with Crippen LogP contribution >= 0.6 is 12.6 Å². The van der Waals surface area contributed by atoms with E-state index >= 15 is 0 Å². The molecule has 236 valence electrons. The van der Waals surface area contributed by atoms with E-state index in [0.717, 1.165) is 25.0 Å². The van der Waals surface area contributed by atoms with Crippen molar-refractivity contribution in [3.05, 3.63) is 0 Å². The van der Waals surface area contributed by atoms with Crippen LogP contribution in [0, 0.1) is 0 Å². The monoisotopic (exact) mass is 606 g/mol. The van der Waals surface area contributed by atoms with E-state index in [1.807, 2.05) is 0 Å². The molecule has 1 heterocycles. The fourth-order valence-electron chi connectivity index (χ4n) is 4.78. The molecule has 10 atom stereocenters. The third kappa shape index (κ3) is 10.5. The lowest BCUT2D eigenvalue weighted by Crippen LogP contribution is -2.63. The van der Waals surface area contributed by atoms with E-state index in [9.17, 15) is 15.3 Å². The van der Waals surface area contributed by atoms with Crippen molar-refractivity contribution in [2.24, 2.45) is 65.8 Å². The van der Waals surface area contributed by atoms with Crippen LogP contribution in [0.3, 0.4) is 0 Å². The summed E-state index contributed by atoms with van der Waals surface area (Å²) in [5.41, 5.74) is 44.7. The third-order valence-electron chi connectivity index (χ3n) is 6.62. The Balaban J connectivity index is 2.45. The van der Waals surface area contributed by atoms with E-state index in [2.05, 4.69) is 32.6 Å². The van der Waals surface area contributed by atoms with Crippen LogP contribution in [0.5, 0.6) is 0 Å². The second kappa shape index (κ2) is 16.6. The molecule has 18 nitrogen and oxygen atoms in total. The van der Waals surface area contributed by atoms with Crippen LogP contribution in [-0.4, -0.2) is 119 Å². The number of nitrogens with two attached hydrogens (primary N) is 8. The molecule has 1 saturated heterocycles. The van der Waals surface area contributed by atoms with Gasteiger partial charge < -0.3 is 75.4 Å². The minimum Gasteiger partial charge on any atom is -0.388 e. The summed E-state index contributed by atoms with van der Waals surface area (Å²) < 4.78 is 18.4. The molecule has 2 rings (SSSR count). The molecule has 0 aromatic carbocycles. The lowest BCUT2D eigenvalue weighted by Gasteiger charge is -2.46. The summed E-state index contributed by atoms with van der Waals surface area (Å²) >= 11 is 4.22. The molecule has 2 fully saturated rings. The lowest BCUT2D eigenvalue weighted by atomic mass is 9.83. The van der Waals surface area contributed by atoms with Gasteiger partial charge in [0, 0.05) is 6.61 Å². The van der Waals surface area contributed by atoms with Gasteiger partial charge in [-0.2, -0.15) is 12.6 Å². The van der Waals surface area contributed by atoms with Gasteiger partial charge in [0.25, 0.3) is 0 Å². The van der Waals surface area contributed by atoms with Crippen LogP contribution in [0.15, 0.2) is 20.0 Å². The molecule has 19 heteroatoms. The summed E-state index contributed by atoms with van der Waals surface area (Å²) in [6, 6.07) is -2.96. The van der Waals surface area contributed by atoms with Crippen molar-refractivity contribution in [1.29, 1.82) is 0 Å². The van der Waals surface area contributed by atoms with Crippen LogP contribution < -0.4 is 45.9 Å². The van der Waals surface area contributed by atoms with Crippen molar-refractivity contribution in [2.75, 3.05) is 18.9 Å². The number of unbranched alkanes of at least 4 members (excludes halogenated alkanes) is 3. The van der Waals surface area contributed by atoms with Crippen molar-refractivity contribution in [3.8, 4) is 0 Å². The molecule has 41 heavy (non-hydrogen) atoms. The Bertz CT molecular complexity index is 925. The Labute approximate surface area is 244 Å². The lowest BCUT2D eigenvalue weighted by molar-refractivity contribution is -0.290. The first-order valence-corrected chi connectivity index (χ1v) is 13.9. The van der Waals surface area contributed by atoms with Crippen molar-refractivity contribution < 1.29 is 29.5 Å². The number of thiol groups is 1. The van der Waals surface area contributed by atoms with Crippen molar-refractivity contribution in [3.63, 3.8) is 0 Å². The van der Waals surface area contributed by atoms with Crippen LogP contribution in [0.25, 0.3) is 0 Å². The number of aliphatic hydroxyl groups is 3. The second-order valence-electron chi connectivity index (χ2n) is 9.88. The van der Waals surface area contributed by atoms with E-state index < -0.39 is 67.0 Å². The molecule has 1 aliphatic heterocycles. The van der Waals surface area contributed by atoms with Gasteiger partial charge >= 0.3 is 0 Å². The molecule has 0 bridgehead atoms. The molecule has 0 unspecified atom stereocenters. The van der Waals surface area contributed by atoms with Crippen molar-refractivity contribution in [1.82, 2.24) is 0 Å². The van der Waals surface area contributed by atoms with E-state index in [0.29, 0.717) is 6.42 Å². The SMILES string of the molecule is NC(N)=NC[C@H]1O[C@H](O[C@H]2[C@H](OCCCCCCS)[C@@H](O)[C@H](N=C(N)N)C[C@@H]2N=C(N)N)[C@H](N=C(N)N)[C@@H](O)[C@@H]1O. The Morgan fingerprint density at radius 1 is 0.732 bits per heavy atom. The molecule has 0 radical (unpaired) electrons. The topological polar surface area (TPSA) is 346 Å². The number of hydrogen-bond acceptors (Lipinski definition) is 11. The zero-order chi connectivity index (χ0) is 30.7. The summed E-state index contributed by atoms with van der Waals surface area (Å²) in [6.45, 7) is 0.0485. The Kier molecular flexibility index (Phi) is 13.9. The number of nitrogens with zero attached hydrogens (tertiary/aromatic N) is 4. The molecule has 2 aliphatic rings. The average Bonchev–Trinajstić information content (AvgIpc) is 2.87. The largest absolute Gasteiger partial charge is 0.388 e. The van der Waals surface area contributed by atoms with Gasteiger partial charge in [0.05, 0.1) is 18.6 Å². The zero-order valence-electron chi connectivity index (χ0n) is 22.9. The summed E-state index contributed by atoms with van der Waals surface area (Å²) in [7, 11) is 0. The predicted octanol–water partition coefficient (Wildman–Crippen LogP) is -5.34. The number of aliphatic hydroxyl groups excluding tert-OH is 3. The minimum absolute atomic E-state index is 0.0612. The summed E-state index contributed by atoms with van der Waals surface area (Å²) in [5, 5.41) is 32.8. The summed E-state index contributed by atoms with van der Waals surface area (Å²) in [5.74, 6) is -0.379. The van der Waals surface area contributed by atoms with Crippen molar-refractivity contribution >= 4 is 36.5 Å². The van der Waals surface area contributed by atoms with Gasteiger partial charge in [0.15, 0.2) is 30.1 Å². The van der Waals surface area contributed by atoms with Crippen LogP contribution in [-0.2, 0) is 14.2 Å². The third-order valence-corrected chi connectivity index (χ3v) is 6.94. The predicted molar refractivity (Wildman–Crippen MR) is 158 cm³/mol. The number of hydrogen-bond donors (Lipinski definition) is 12. The maximum atomic E-state index is 11.3. The first kappa shape index (κ1) is 34.4. The molecular formula is C22H46N12O6S. The first-order valence-electron chi connectivity index (χ1n) is 13.2. The van der Waals surface area contributed by atoms with Gasteiger partial charge in [-0.25, -0.2) is 15.0 Å². The fourth-order valence-corrected chi connectivity index (χ4v) is 5.00. The fraction of sp³-hybridized carbons (Fsp3) is 0.818. The smallest absolute Gasteiger partial charge is 0.186 e. The average molecular weight is 607 g/mol. The highest BCUT2D eigenvalue weighted by Crippen LogP contribution is 2.34. The Morgan fingerprint density at radius 2 is 1.34 bits per heavy atom. The van der Waals surface area contributed by atoms with Gasteiger partial charge in [-0.3, -0.25) is 4.99 Å². The van der Waals surface area contributed by atoms with E-state index in [4.69, 9.17) is 60.1 Å². The molecule has 0 spiro atoms. The molecule has 0 aromatic rings. The molecule has 19 N–H and O–H groups in total. The maximum Gasteiger partial charge on any atom is 0.186 e. The molecule has 0 amide bonds. The number of guanidine groups is 4. The van der Waals surface area contributed by atoms with E-state index in [1.54, 1.807) is 0 Å². The minimum atomic E-state index is -1.55. The normalized spacial score (nSPS) is 33.4. The van der Waals surface area contributed by atoms with Crippen LogP contribution in [0.4, 0.5) is 0 Å². The van der Waals surface area contributed by atoms with Gasteiger partial charge in [-0.05, 0) is 25.0 Å². The van der Waals surface area contributed by atoms with Crippen LogP contribution in [0.1, 0.15) is 32.1 Å². The zero-order valence-corrected chi connectivity index (χ0v) is 23.7. The van der Waals surface area contributed by atoms with Crippen molar-refractivity contribution in [2.45, 2.75) is 93.1 Å². The van der Waals surface area contributed by atoms with E-state index in [1.165, 1.54) is 0 Å². The highest BCUT2D eigenvalue weighted by molar-refractivity contribution is 7.80. The van der Waals surface area contributed by atoms with Gasteiger partial charge in [-0.15, -0.1) is 0 Å². The summed E-state index contributed by atoms with van der Waals surface area (Å²) in [4.78, 5) is 16.3. The standard InChI is InChI=1S/C22H46N12O6S/c23-19(24)31-8-11-14(36)15(37)12(34-22(29)30)18(39-11)40-16-10(33-21(27)28)7-9(32-20(25)26)13(35)17(16)38-5-3-1-2-4-6-41/h9-18,35-37,41H,1-8H2,(H4,23,24,31)(H4,25,26,32)(H4,27,28,33)(H4,29,30,34)/t9-,10+,11-,12-,13+,14-,15-,16-,17-,18-/m1/s1. The highest BCUT2D eigenvalue weighted by atomic mass is 32.1. The van der Waals surface area contributed by atoms with Crippen LogP contribution in [0.2, 0.25) is 0 Å². The maximum absolute atomic E-state index is 11.3. The molecule has 1 aliphatic carbocycles. The van der Waals surface area contributed by atoms with E-state index in [-0.39, 0.29) is 37.5 Å². The van der Waals surface area contributed by atoms with Gasteiger partial charge in [-0.1, -0.05) is 12.8 Å². The molecule has 0 aromatic heterocycles. The summed E-state index contributed by atoms with van der Waals surface area (Å²) in [6.07, 6.45) is -5.36. The quantitative estimate of drug-likeness (QED) is 0.0380. The van der Waals surface area contributed by atoms with Gasteiger partial charge in [0.2, 0.25) is 0 Å². The van der Waals surface area contributed by atoms with Gasteiger partial charge in [0.1, 0.15) is 42.7 Å². The molecule has 1 saturated carbocycles. The molecular weight excluding hydrogens is 560 g/mol. The number of ether oxygens (including phenoxy) is 3. The second-order valence-corrected chi connectivity index (χ2v) is 10.3. The highest BCUT2D eigenvalue weighted by Gasteiger charge is 2.51. The first-order chi connectivity index (χ1) is 19.3.